The van der Waals surface area contributed by atoms with E-state index in [4.69, 9.17) is 18.6 Å². The zero-order valence-electron chi connectivity index (χ0n) is 25.0. The Morgan fingerprint density at radius 3 is 2.07 bits per heavy atom. The molecule has 0 unspecified atom stereocenters. The molecule has 0 atom stereocenters. The monoisotopic (exact) mass is 600 g/mol. The Kier molecular flexibility index (Phi) is 5.96. The highest BCUT2D eigenvalue weighted by Crippen LogP contribution is 2.46. The van der Waals surface area contributed by atoms with Gasteiger partial charge in [-0.05, 0) is 36.4 Å². The van der Waals surface area contributed by atoms with Crippen LogP contribution in [0.1, 0.15) is 0 Å². The first kappa shape index (κ1) is 26.2. The van der Waals surface area contributed by atoms with E-state index < -0.39 is 0 Å². The van der Waals surface area contributed by atoms with Crippen molar-refractivity contribution in [2.24, 2.45) is 0 Å². The lowest BCUT2D eigenvalue weighted by Crippen LogP contribution is -2.21. The highest BCUT2D eigenvalue weighted by atomic mass is 16.5. The van der Waals surface area contributed by atoms with Crippen molar-refractivity contribution in [3.63, 3.8) is 0 Å². The van der Waals surface area contributed by atoms with Gasteiger partial charge < -0.3 is 23.4 Å². The van der Waals surface area contributed by atoms with E-state index in [0.29, 0.717) is 11.5 Å². The summed E-state index contributed by atoms with van der Waals surface area (Å²) < 4.78 is 19.8. The lowest BCUT2D eigenvalue weighted by atomic mass is 10.1. The van der Waals surface area contributed by atoms with E-state index >= 15 is 0 Å². The molecule has 1 aliphatic rings. The summed E-state index contributed by atoms with van der Waals surface area (Å²) in [5.74, 6) is 2.12. The Labute approximate surface area is 264 Å². The Bertz CT molecular complexity index is 2370. The molecule has 3 aromatic heterocycles. The molecular weight excluding hydrogens is 572 g/mol. The highest BCUT2D eigenvalue weighted by molar-refractivity contribution is 6.13. The summed E-state index contributed by atoms with van der Waals surface area (Å²) >= 11 is 0. The fourth-order valence-corrected chi connectivity index (χ4v) is 6.39. The van der Waals surface area contributed by atoms with Crippen LogP contribution in [0.15, 0.2) is 149 Å². The van der Waals surface area contributed by atoms with Gasteiger partial charge in [-0.3, -0.25) is 4.90 Å². The van der Waals surface area contributed by atoms with Crippen molar-refractivity contribution in [3.8, 4) is 11.5 Å². The van der Waals surface area contributed by atoms with Crippen molar-refractivity contribution >= 4 is 66.8 Å². The fraction of sp³-hybridized carbons (Fsp3) is 0.0513. The summed E-state index contributed by atoms with van der Waals surface area (Å²) in [6.07, 6.45) is 5.96. The van der Waals surface area contributed by atoms with Crippen LogP contribution in [-0.2, 0) is 0 Å². The largest absolute Gasteiger partial charge is 0.456 e. The molecule has 0 saturated heterocycles. The number of para-hydroxylation sites is 3. The molecule has 4 heterocycles. The van der Waals surface area contributed by atoms with Gasteiger partial charge in [-0.1, -0.05) is 60.7 Å². The second kappa shape index (κ2) is 10.5. The molecule has 7 heteroatoms. The number of fused-ring (bicyclic) bond motifs is 6. The summed E-state index contributed by atoms with van der Waals surface area (Å²) in [5.41, 5.74) is 5.97. The van der Waals surface area contributed by atoms with Crippen LogP contribution in [0.25, 0.3) is 43.9 Å². The minimum atomic E-state index is 0.664. The third-order valence-corrected chi connectivity index (χ3v) is 8.42. The molecule has 8 aromatic rings. The molecule has 0 spiro atoms. The quantitative estimate of drug-likeness (QED) is 0.188. The van der Waals surface area contributed by atoms with Gasteiger partial charge >= 0.3 is 0 Å². The maximum absolute atomic E-state index is 6.92. The van der Waals surface area contributed by atoms with Crippen LogP contribution in [0.2, 0.25) is 0 Å². The normalized spacial score (nSPS) is 13.1. The summed E-state index contributed by atoms with van der Waals surface area (Å²) in [4.78, 5) is 11.2. The predicted molar refractivity (Wildman–Crippen MR) is 184 cm³/mol. The van der Waals surface area contributed by atoms with Crippen LogP contribution >= 0.6 is 0 Å². The molecule has 0 radical (unpaired) electrons. The lowest BCUT2D eigenvalue weighted by molar-refractivity contribution is 0.485. The lowest BCUT2D eigenvalue weighted by Gasteiger charge is -2.25. The molecule has 9 rings (SSSR count). The number of hydrogen-bond donors (Lipinski definition) is 0. The van der Waals surface area contributed by atoms with Gasteiger partial charge in [0.1, 0.15) is 39.6 Å². The molecule has 0 fully saturated rings. The number of ether oxygens (including phenoxy) is 1. The minimum absolute atomic E-state index is 0.664. The van der Waals surface area contributed by atoms with Crippen molar-refractivity contribution in [1.29, 1.82) is 0 Å². The smallest absolute Gasteiger partial charge is 0.141 e. The van der Waals surface area contributed by atoms with Crippen molar-refractivity contribution < 1.29 is 13.6 Å². The number of anilines is 4. The average Bonchev–Trinajstić information content (AvgIpc) is 3.80. The average molecular weight is 601 g/mol. The molecule has 222 valence electrons. The maximum Gasteiger partial charge on any atom is 0.141 e. The summed E-state index contributed by atoms with van der Waals surface area (Å²) in [7, 11) is 2.06. The standard InChI is InChI=1S/C39H28N4O3/c1-41-19-20-42(25-41)31-23-28(24-36-38(31)29-13-5-7-15-32(29)46-36)44-34-21-27(22-35-39(34)30-14-6-8-16-33(30)45-35)43(26-11-3-2-4-12-26)37-17-9-10-18-40-37/h2-24H,25H2,1H3. The van der Waals surface area contributed by atoms with Gasteiger partial charge in [0.15, 0.2) is 0 Å². The summed E-state index contributed by atoms with van der Waals surface area (Å²) in [6, 6.07) is 40.5. The zero-order valence-corrected chi connectivity index (χ0v) is 25.0. The molecule has 0 amide bonds. The Morgan fingerprint density at radius 2 is 1.35 bits per heavy atom. The van der Waals surface area contributed by atoms with Crippen molar-refractivity contribution in [2.75, 3.05) is 23.5 Å². The SMILES string of the molecule is CN1C=CN(c2cc(Oc3cc(N(c4ccccc4)c4ccccn4)cc4oc5ccccc5c34)cc3oc4ccccc4c23)C1. The molecule has 7 nitrogen and oxygen atoms in total. The molecule has 5 aromatic carbocycles. The molecular formula is C39H28N4O3. The van der Waals surface area contributed by atoms with E-state index in [-0.39, 0.29) is 0 Å². The first-order valence-electron chi connectivity index (χ1n) is 15.2. The number of nitrogens with zero attached hydrogens (tertiary/aromatic N) is 4. The van der Waals surface area contributed by atoms with Gasteiger partial charge in [0.25, 0.3) is 0 Å². The van der Waals surface area contributed by atoms with E-state index in [0.717, 1.165) is 73.4 Å². The van der Waals surface area contributed by atoms with Crippen molar-refractivity contribution in [3.05, 3.63) is 140 Å². The van der Waals surface area contributed by atoms with Crippen LogP contribution in [-0.4, -0.2) is 23.6 Å². The topological polar surface area (TPSA) is 58.1 Å². The number of hydrogen-bond acceptors (Lipinski definition) is 7. The van der Waals surface area contributed by atoms with E-state index in [9.17, 15) is 0 Å². The Hall–Kier alpha value is -6.21. The molecule has 46 heavy (non-hydrogen) atoms. The van der Waals surface area contributed by atoms with Crippen molar-refractivity contribution in [1.82, 2.24) is 9.88 Å². The number of rotatable bonds is 6. The zero-order chi connectivity index (χ0) is 30.6. The van der Waals surface area contributed by atoms with E-state index in [1.807, 2.05) is 78.9 Å². The minimum Gasteiger partial charge on any atom is -0.456 e. The Balaban J connectivity index is 1.27. The maximum atomic E-state index is 6.92. The Morgan fingerprint density at radius 1 is 0.652 bits per heavy atom. The third kappa shape index (κ3) is 4.32. The highest BCUT2D eigenvalue weighted by Gasteiger charge is 2.23. The van der Waals surface area contributed by atoms with Crippen LogP contribution in [0.5, 0.6) is 11.5 Å². The van der Waals surface area contributed by atoms with Gasteiger partial charge in [-0.2, -0.15) is 0 Å². The van der Waals surface area contributed by atoms with Crippen molar-refractivity contribution in [2.45, 2.75) is 0 Å². The predicted octanol–water partition coefficient (Wildman–Crippen LogP) is 10.3. The van der Waals surface area contributed by atoms with Crippen LogP contribution in [0.3, 0.4) is 0 Å². The van der Waals surface area contributed by atoms with E-state index in [1.54, 1.807) is 6.20 Å². The van der Waals surface area contributed by atoms with Gasteiger partial charge in [0, 0.05) is 66.4 Å². The third-order valence-electron chi connectivity index (χ3n) is 8.42. The van der Waals surface area contributed by atoms with Gasteiger partial charge in [0.2, 0.25) is 0 Å². The number of furan rings is 2. The van der Waals surface area contributed by atoms with Gasteiger partial charge in [-0.25, -0.2) is 4.98 Å². The molecule has 1 aliphatic heterocycles. The molecule has 0 bridgehead atoms. The van der Waals surface area contributed by atoms with Gasteiger partial charge in [0.05, 0.1) is 28.8 Å². The fourth-order valence-electron chi connectivity index (χ4n) is 6.39. The molecule has 0 aliphatic carbocycles. The number of pyridine rings is 1. The molecule has 0 saturated carbocycles. The van der Waals surface area contributed by atoms with Gasteiger partial charge in [-0.15, -0.1) is 0 Å². The van der Waals surface area contributed by atoms with E-state index in [2.05, 4.69) is 76.6 Å². The first-order chi connectivity index (χ1) is 22.7. The van der Waals surface area contributed by atoms with Crippen LogP contribution in [0.4, 0.5) is 22.9 Å². The number of benzene rings is 5. The van der Waals surface area contributed by atoms with E-state index in [1.165, 1.54) is 0 Å². The number of aromatic nitrogens is 1. The second-order valence-corrected chi connectivity index (χ2v) is 11.5. The molecule has 0 N–H and O–H groups in total. The summed E-state index contributed by atoms with van der Waals surface area (Å²) in [5, 5.41) is 4.01. The summed E-state index contributed by atoms with van der Waals surface area (Å²) in [6.45, 7) is 0.722. The second-order valence-electron chi connectivity index (χ2n) is 11.5. The van der Waals surface area contributed by atoms with Crippen LogP contribution in [0, 0.1) is 0 Å². The van der Waals surface area contributed by atoms with Crippen LogP contribution < -0.4 is 14.5 Å². The first-order valence-corrected chi connectivity index (χ1v) is 15.2.